The monoisotopic (exact) mass is 508 g/mol. The Hall–Kier alpha value is -4.65. The zero-order valence-corrected chi connectivity index (χ0v) is 21.7. The van der Waals surface area contributed by atoms with Crippen LogP contribution in [0.1, 0.15) is 37.0 Å². The quantitative estimate of drug-likeness (QED) is 0.156. The lowest BCUT2D eigenvalue weighted by Crippen LogP contribution is -2.24. The second-order valence-corrected chi connectivity index (χ2v) is 8.78. The Balaban J connectivity index is 0.00000127. The van der Waals surface area contributed by atoms with Gasteiger partial charge in [-0.1, -0.05) is 87.0 Å². The van der Waals surface area contributed by atoms with Crippen molar-refractivity contribution in [1.82, 2.24) is 0 Å². The number of carbonyl (C=O) groups is 2. The molecule has 1 heterocycles. The molecule has 0 atom stereocenters. The zero-order valence-electron chi connectivity index (χ0n) is 21.7. The fourth-order valence-electron chi connectivity index (χ4n) is 3.97. The number of para-hydroxylation sites is 1. The van der Waals surface area contributed by atoms with Gasteiger partial charge in [-0.15, -0.1) is 4.91 Å². The first-order valence-electron chi connectivity index (χ1n) is 12.6. The molecule has 38 heavy (non-hydrogen) atoms. The van der Waals surface area contributed by atoms with Gasteiger partial charge in [0.05, 0.1) is 5.57 Å². The van der Waals surface area contributed by atoms with Crippen LogP contribution in [-0.2, 0) is 22.6 Å². The minimum Gasteiger partial charge on any atom is -0.367 e. The average Bonchev–Trinajstić information content (AvgIpc) is 3.33. The summed E-state index contributed by atoms with van der Waals surface area (Å²) in [6, 6.07) is 25.2. The molecule has 3 aromatic carbocycles. The van der Waals surface area contributed by atoms with Gasteiger partial charge in [-0.05, 0) is 53.5 Å². The molecule has 1 aliphatic heterocycles. The third-order valence-electron chi connectivity index (χ3n) is 5.71. The maximum absolute atomic E-state index is 12.7. The standard InChI is InChI=1S/C28H24N4O3.C3H8/c29-26(28(34)31-35)24(27(33)30-23-11-5-2-6-12-23)13-7-10-20-14-15-25-22(18-20)16-17-32(25)19-21-8-3-1-4-9-21;1-3-2/h1-15,18,29H,16-17,19H2,(H,30,33);3H2,1-2H3/b10-7+,24-13-,29-26?;. The SMILES string of the molecule is CCC.N=C(C(=O)N=O)/C(=C/C=C/c1ccc2c(c1)CCN2Cc1ccccc1)C(=O)Nc1ccccc1. The summed E-state index contributed by atoms with van der Waals surface area (Å²) < 4.78 is 0. The van der Waals surface area contributed by atoms with E-state index in [4.69, 9.17) is 5.41 Å². The molecule has 0 fully saturated rings. The first kappa shape index (κ1) is 27.9. The van der Waals surface area contributed by atoms with Crippen LogP contribution in [0.25, 0.3) is 6.08 Å². The van der Waals surface area contributed by atoms with Gasteiger partial charge < -0.3 is 10.2 Å². The first-order chi connectivity index (χ1) is 18.5. The molecule has 0 spiro atoms. The Bertz CT molecular complexity index is 1330. The molecule has 7 heteroatoms. The van der Waals surface area contributed by atoms with E-state index in [0.717, 1.165) is 25.1 Å². The summed E-state index contributed by atoms with van der Waals surface area (Å²) in [5.41, 5.74) is 4.13. The molecule has 0 bridgehead atoms. The van der Waals surface area contributed by atoms with Gasteiger partial charge in [-0.25, -0.2) is 0 Å². The second kappa shape index (κ2) is 14.2. The normalized spacial score (nSPS) is 12.4. The highest BCUT2D eigenvalue weighted by Gasteiger charge is 2.22. The van der Waals surface area contributed by atoms with Crippen molar-refractivity contribution in [1.29, 1.82) is 5.41 Å². The Kier molecular flexibility index (Phi) is 10.4. The van der Waals surface area contributed by atoms with Crippen LogP contribution < -0.4 is 10.2 Å². The van der Waals surface area contributed by atoms with Crippen LogP contribution in [0.4, 0.5) is 11.4 Å². The van der Waals surface area contributed by atoms with Gasteiger partial charge >= 0.3 is 5.91 Å². The maximum atomic E-state index is 12.7. The van der Waals surface area contributed by atoms with Crippen LogP contribution in [0.5, 0.6) is 0 Å². The Morgan fingerprint density at radius 2 is 1.66 bits per heavy atom. The summed E-state index contributed by atoms with van der Waals surface area (Å²) in [5, 5.41) is 12.8. The molecule has 0 aromatic heterocycles. The molecule has 2 amide bonds. The molecule has 0 saturated carbocycles. The van der Waals surface area contributed by atoms with Crippen molar-refractivity contribution < 1.29 is 9.59 Å². The number of anilines is 2. The molecule has 7 nitrogen and oxygen atoms in total. The van der Waals surface area contributed by atoms with Gasteiger partial charge in [0.15, 0.2) is 0 Å². The highest BCUT2D eigenvalue weighted by molar-refractivity contribution is 6.51. The lowest BCUT2D eigenvalue weighted by atomic mass is 10.1. The zero-order chi connectivity index (χ0) is 27.3. The van der Waals surface area contributed by atoms with Gasteiger partial charge in [0, 0.05) is 29.6 Å². The minimum absolute atomic E-state index is 0.245. The number of nitrogens with zero attached hydrogens (tertiary/aromatic N) is 2. The highest BCUT2D eigenvalue weighted by atomic mass is 16.3. The van der Waals surface area contributed by atoms with E-state index < -0.39 is 17.5 Å². The van der Waals surface area contributed by atoms with Gasteiger partial charge in [0.1, 0.15) is 5.71 Å². The van der Waals surface area contributed by atoms with Crippen molar-refractivity contribution in [3.63, 3.8) is 0 Å². The first-order valence-corrected chi connectivity index (χ1v) is 12.6. The van der Waals surface area contributed by atoms with Gasteiger partial charge in [-0.3, -0.25) is 15.0 Å². The largest absolute Gasteiger partial charge is 0.367 e. The lowest BCUT2D eigenvalue weighted by molar-refractivity contribution is -0.114. The topological polar surface area (TPSA) is 103 Å². The molecule has 0 unspecified atom stereocenters. The fraction of sp³-hybridized carbons (Fsp3) is 0.194. The Labute approximate surface area is 223 Å². The summed E-state index contributed by atoms with van der Waals surface area (Å²) in [5.74, 6) is -1.97. The number of hydrogen-bond donors (Lipinski definition) is 2. The number of nitrogens with one attached hydrogen (secondary N) is 2. The van der Waals surface area contributed by atoms with Crippen molar-refractivity contribution in [2.24, 2.45) is 5.18 Å². The van der Waals surface area contributed by atoms with E-state index in [2.05, 4.69) is 53.5 Å². The smallest absolute Gasteiger partial charge is 0.335 e. The molecule has 194 valence electrons. The van der Waals surface area contributed by atoms with Gasteiger partial charge in [0.25, 0.3) is 5.91 Å². The number of allylic oxidation sites excluding steroid dienone is 2. The molecule has 0 radical (unpaired) electrons. The van der Waals surface area contributed by atoms with Crippen molar-refractivity contribution >= 4 is 35.0 Å². The van der Waals surface area contributed by atoms with E-state index >= 15 is 0 Å². The van der Waals surface area contributed by atoms with Gasteiger partial charge in [-0.2, -0.15) is 0 Å². The van der Waals surface area contributed by atoms with Crippen LogP contribution in [0, 0.1) is 10.3 Å². The van der Waals surface area contributed by atoms with Crippen molar-refractivity contribution in [2.75, 3.05) is 16.8 Å². The summed E-state index contributed by atoms with van der Waals surface area (Å²) in [7, 11) is 0. The minimum atomic E-state index is -1.30. The van der Waals surface area contributed by atoms with Crippen LogP contribution >= 0.6 is 0 Å². The summed E-state index contributed by atoms with van der Waals surface area (Å²) >= 11 is 0. The molecule has 1 aliphatic rings. The number of fused-ring (bicyclic) bond motifs is 1. The predicted octanol–water partition coefficient (Wildman–Crippen LogP) is 6.56. The number of nitroso groups, excluding NO2 is 1. The predicted molar refractivity (Wildman–Crippen MR) is 154 cm³/mol. The van der Waals surface area contributed by atoms with Crippen molar-refractivity contribution in [2.45, 2.75) is 33.2 Å². The van der Waals surface area contributed by atoms with Crippen LogP contribution in [0.2, 0.25) is 0 Å². The summed E-state index contributed by atoms with van der Waals surface area (Å²) in [6.45, 7) is 6.05. The molecule has 3 aromatic rings. The van der Waals surface area contributed by atoms with Crippen LogP contribution in [0.3, 0.4) is 0 Å². The summed E-state index contributed by atoms with van der Waals surface area (Å²) in [4.78, 5) is 37.4. The molecular formula is C31H32N4O3. The molecule has 0 aliphatic carbocycles. The number of amides is 2. The van der Waals surface area contributed by atoms with Crippen LogP contribution in [-0.4, -0.2) is 24.1 Å². The third kappa shape index (κ3) is 7.67. The van der Waals surface area contributed by atoms with E-state index in [1.165, 1.54) is 29.3 Å². The second-order valence-electron chi connectivity index (χ2n) is 8.78. The van der Waals surface area contributed by atoms with Crippen LogP contribution in [0.15, 0.2) is 102 Å². The van der Waals surface area contributed by atoms with Gasteiger partial charge in [0.2, 0.25) is 0 Å². The van der Waals surface area contributed by atoms with Crippen molar-refractivity contribution in [3.05, 3.63) is 118 Å². The Morgan fingerprint density at radius 1 is 1.00 bits per heavy atom. The number of benzene rings is 3. The highest BCUT2D eigenvalue weighted by Crippen LogP contribution is 2.30. The number of hydrogen-bond acceptors (Lipinski definition) is 5. The molecule has 2 N–H and O–H groups in total. The molecule has 0 saturated heterocycles. The Morgan fingerprint density at radius 3 is 2.32 bits per heavy atom. The van der Waals surface area contributed by atoms with E-state index in [1.807, 2.05) is 24.3 Å². The lowest BCUT2D eigenvalue weighted by Gasteiger charge is -2.19. The molecule has 4 rings (SSSR count). The average molecular weight is 509 g/mol. The molecular weight excluding hydrogens is 476 g/mol. The number of rotatable bonds is 8. The van der Waals surface area contributed by atoms with E-state index in [1.54, 1.807) is 42.5 Å². The maximum Gasteiger partial charge on any atom is 0.335 e. The third-order valence-corrected chi connectivity index (χ3v) is 5.71. The van der Waals surface area contributed by atoms with E-state index in [9.17, 15) is 14.5 Å². The fourth-order valence-corrected chi connectivity index (χ4v) is 3.97. The number of carbonyl (C=O) groups excluding carboxylic acids is 2. The van der Waals surface area contributed by atoms with E-state index in [-0.39, 0.29) is 5.57 Å². The summed E-state index contributed by atoms with van der Waals surface area (Å²) in [6.07, 6.45) is 6.92. The van der Waals surface area contributed by atoms with E-state index in [0.29, 0.717) is 5.69 Å². The van der Waals surface area contributed by atoms with Crippen molar-refractivity contribution in [3.8, 4) is 0 Å².